The first-order valence-corrected chi connectivity index (χ1v) is 10.5. The van der Waals surface area contributed by atoms with E-state index < -0.39 is 0 Å². The van der Waals surface area contributed by atoms with Crippen LogP contribution in [0.5, 0.6) is 0 Å². The number of hydrogen-bond acceptors (Lipinski definition) is 3. The molecule has 4 nitrogen and oxygen atoms in total. The first-order valence-electron chi connectivity index (χ1n) is 10.5. The highest BCUT2D eigenvalue weighted by Gasteiger charge is 2.43. The minimum atomic E-state index is -0.293. The summed E-state index contributed by atoms with van der Waals surface area (Å²) >= 11 is 0. The first kappa shape index (κ1) is 20.6. The molecule has 0 unspecified atom stereocenters. The fraction of sp³-hybridized carbons (Fsp3) is 0.185. The summed E-state index contributed by atoms with van der Waals surface area (Å²) in [4.78, 5) is 30.8. The third-order valence-corrected chi connectivity index (χ3v) is 5.65. The van der Waals surface area contributed by atoms with E-state index >= 15 is 0 Å². The minimum absolute atomic E-state index is 0.287. The summed E-state index contributed by atoms with van der Waals surface area (Å²) in [7, 11) is 0. The van der Waals surface area contributed by atoms with Crippen LogP contribution < -0.4 is 9.80 Å². The van der Waals surface area contributed by atoms with E-state index in [1.165, 1.54) is 4.90 Å². The number of likely N-dealkylation sites (N-methyl/N-ethyl adjacent to an activating group) is 1. The van der Waals surface area contributed by atoms with Crippen molar-refractivity contribution in [1.29, 1.82) is 0 Å². The van der Waals surface area contributed by atoms with Gasteiger partial charge in [-0.15, -0.1) is 0 Å². The number of aryl methyl sites for hydroxylation is 3. The van der Waals surface area contributed by atoms with Crippen LogP contribution in [-0.2, 0) is 9.59 Å². The van der Waals surface area contributed by atoms with E-state index in [-0.39, 0.29) is 11.8 Å². The zero-order chi connectivity index (χ0) is 22.1. The van der Waals surface area contributed by atoms with Crippen LogP contribution in [0, 0.1) is 20.8 Å². The Bertz CT molecular complexity index is 1180. The Hall–Kier alpha value is -3.66. The van der Waals surface area contributed by atoms with Gasteiger partial charge in [0.15, 0.2) is 0 Å². The van der Waals surface area contributed by atoms with Crippen LogP contribution in [0.1, 0.15) is 29.2 Å². The van der Waals surface area contributed by atoms with Gasteiger partial charge in [-0.1, -0.05) is 65.7 Å². The maximum absolute atomic E-state index is 13.8. The molecule has 0 N–H and O–H groups in total. The van der Waals surface area contributed by atoms with Gasteiger partial charge in [-0.2, -0.15) is 0 Å². The molecule has 1 aliphatic heterocycles. The predicted octanol–water partition coefficient (Wildman–Crippen LogP) is 5.42. The third-order valence-electron chi connectivity index (χ3n) is 5.65. The van der Waals surface area contributed by atoms with Crippen LogP contribution in [0.15, 0.2) is 78.5 Å². The molecule has 0 saturated heterocycles. The van der Waals surface area contributed by atoms with Gasteiger partial charge < -0.3 is 4.90 Å². The van der Waals surface area contributed by atoms with Gasteiger partial charge in [-0.25, -0.2) is 4.90 Å². The number of rotatable bonds is 5. The van der Waals surface area contributed by atoms with Gasteiger partial charge in [0.2, 0.25) is 0 Å². The minimum Gasteiger partial charge on any atom is -0.337 e. The molecule has 0 fully saturated rings. The quantitative estimate of drug-likeness (QED) is 0.527. The Kier molecular flexibility index (Phi) is 5.47. The summed E-state index contributed by atoms with van der Waals surface area (Å²) < 4.78 is 0. The van der Waals surface area contributed by atoms with Crippen molar-refractivity contribution < 1.29 is 9.59 Å². The highest BCUT2D eigenvalue weighted by Crippen LogP contribution is 2.37. The van der Waals surface area contributed by atoms with E-state index in [0.717, 1.165) is 27.9 Å². The number of imide groups is 1. The Balaban J connectivity index is 1.92. The summed E-state index contributed by atoms with van der Waals surface area (Å²) in [6.07, 6.45) is 0. The molecule has 0 aliphatic carbocycles. The lowest BCUT2D eigenvalue weighted by Gasteiger charge is -2.25. The zero-order valence-electron chi connectivity index (χ0n) is 18.3. The molecule has 4 heteroatoms. The SMILES string of the molecule is CCN(C1=C(c2ccc(C)cc2)C(=O)N(c2ccc(C)cc2C)C1=O)c1ccccc1. The number of para-hydroxylation sites is 1. The number of hydrogen-bond donors (Lipinski definition) is 0. The lowest BCUT2D eigenvalue weighted by Crippen LogP contribution is -2.35. The molecule has 0 aromatic heterocycles. The smallest absolute Gasteiger partial charge is 0.282 e. The van der Waals surface area contributed by atoms with Gasteiger partial charge in [0.1, 0.15) is 5.70 Å². The number of benzene rings is 3. The van der Waals surface area contributed by atoms with Crippen molar-refractivity contribution in [3.63, 3.8) is 0 Å². The second kappa shape index (κ2) is 8.23. The number of carbonyl (C=O) groups is 2. The third kappa shape index (κ3) is 3.66. The summed E-state index contributed by atoms with van der Waals surface area (Å²) in [5.74, 6) is -0.580. The van der Waals surface area contributed by atoms with Crippen LogP contribution in [-0.4, -0.2) is 18.4 Å². The molecule has 0 bridgehead atoms. The van der Waals surface area contributed by atoms with E-state index in [1.807, 2.05) is 105 Å². The number of amides is 2. The molecular formula is C27H26N2O2. The number of carbonyl (C=O) groups excluding carboxylic acids is 2. The van der Waals surface area contributed by atoms with Crippen molar-refractivity contribution in [3.8, 4) is 0 Å². The number of anilines is 2. The summed E-state index contributed by atoms with van der Waals surface area (Å²) in [6.45, 7) is 8.49. The van der Waals surface area contributed by atoms with Gasteiger partial charge >= 0.3 is 0 Å². The van der Waals surface area contributed by atoms with Crippen LogP contribution in [0.4, 0.5) is 11.4 Å². The molecule has 156 valence electrons. The second-order valence-electron chi connectivity index (χ2n) is 7.91. The lowest BCUT2D eigenvalue weighted by atomic mass is 10.0. The summed E-state index contributed by atoms with van der Waals surface area (Å²) in [5.41, 5.74) is 6.21. The fourth-order valence-electron chi connectivity index (χ4n) is 4.10. The predicted molar refractivity (Wildman–Crippen MR) is 126 cm³/mol. The molecule has 1 aliphatic rings. The maximum atomic E-state index is 13.8. The summed E-state index contributed by atoms with van der Waals surface area (Å²) in [6, 6.07) is 23.3. The largest absolute Gasteiger partial charge is 0.337 e. The lowest BCUT2D eigenvalue weighted by molar-refractivity contribution is -0.120. The fourth-order valence-corrected chi connectivity index (χ4v) is 4.10. The van der Waals surface area contributed by atoms with E-state index in [0.29, 0.717) is 23.5 Å². The van der Waals surface area contributed by atoms with Gasteiger partial charge in [0.05, 0.1) is 11.3 Å². The normalized spacial score (nSPS) is 13.9. The Morgan fingerprint density at radius 1 is 0.774 bits per heavy atom. The Morgan fingerprint density at radius 3 is 2.03 bits per heavy atom. The van der Waals surface area contributed by atoms with Crippen LogP contribution >= 0.6 is 0 Å². The van der Waals surface area contributed by atoms with Crippen molar-refractivity contribution in [1.82, 2.24) is 0 Å². The monoisotopic (exact) mass is 410 g/mol. The van der Waals surface area contributed by atoms with Crippen LogP contribution in [0.2, 0.25) is 0 Å². The van der Waals surface area contributed by atoms with Crippen LogP contribution in [0.3, 0.4) is 0 Å². The van der Waals surface area contributed by atoms with E-state index in [9.17, 15) is 9.59 Å². The average Bonchev–Trinajstić information content (AvgIpc) is 3.01. The van der Waals surface area contributed by atoms with Crippen molar-refractivity contribution in [2.45, 2.75) is 27.7 Å². The molecule has 0 radical (unpaired) electrons. The topological polar surface area (TPSA) is 40.6 Å². The Morgan fingerprint density at radius 2 is 1.42 bits per heavy atom. The average molecular weight is 411 g/mol. The molecule has 3 aromatic carbocycles. The standard InChI is InChI=1S/C27H26N2O2/c1-5-28(22-9-7-6-8-10-22)25-24(21-14-11-18(2)12-15-21)26(30)29(27(25)31)23-16-13-19(3)17-20(23)4/h6-17H,5H2,1-4H3. The van der Waals surface area contributed by atoms with Crippen LogP contribution in [0.25, 0.3) is 5.57 Å². The molecule has 1 heterocycles. The molecule has 3 aromatic rings. The molecule has 31 heavy (non-hydrogen) atoms. The van der Waals surface area contributed by atoms with E-state index in [1.54, 1.807) is 0 Å². The highest BCUT2D eigenvalue weighted by molar-refractivity contribution is 6.46. The van der Waals surface area contributed by atoms with Gasteiger partial charge in [-0.3, -0.25) is 9.59 Å². The molecule has 0 atom stereocenters. The van der Waals surface area contributed by atoms with Gasteiger partial charge in [0.25, 0.3) is 11.8 Å². The first-order chi connectivity index (χ1) is 14.9. The maximum Gasteiger partial charge on any atom is 0.282 e. The van der Waals surface area contributed by atoms with Gasteiger partial charge in [-0.05, 0) is 57.0 Å². The zero-order valence-corrected chi connectivity index (χ0v) is 18.3. The van der Waals surface area contributed by atoms with E-state index in [4.69, 9.17) is 0 Å². The molecule has 2 amide bonds. The Labute approximate surface area is 183 Å². The summed E-state index contributed by atoms with van der Waals surface area (Å²) in [5, 5.41) is 0. The van der Waals surface area contributed by atoms with Crippen molar-refractivity contribution >= 4 is 28.8 Å². The number of nitrogens with zero attached hydrogens (tertiary/aromatic N) is 2. The van der Waals surface area contributed by atoms with Crippen molar-refractivity contribution in [2.75, 3.05) is 16.3 Å². The van der Waals surface area contributed by atoms with Gasteiger partial charge in [0, 0.05) is 12.2 Å². The van der Waals surface area contributed by atoms with E-state index in [2.05, 4.69) is 0 Å². The molecular weight excluding hydrogens is 384 g/mol. The molecule has 4 rings (SSSR count). The second-order valence-corrected chi connectivity index (χ2v) is 7.91. The highest BCUT2D eigenvalue weighted by atomic mass is 16.2. The molecule has 0 spiro atoms. The van der Waals surface area contributed by atoms with Crippen molar-refractivity contribution in [2.24, 2.45) is 0 Å². The molecule has 0 saturated carbocycles. The van der Waals surface area contributed by atoms with Crippen molar-refractivity contribution in [3.05, 3.63) is 101 Å².